The molecule has 0 saturated heterocycles. The van der Waals surface area contributed by atoms with Crippen molar-refractivity contribution in [1.29, 1.82) is 0 Å². The SMILES string of the molecule is CN(C)C[C@@H]1CCC2=C(C1=O)C(c1ccccc1)C1=C(CC[C@@H](CN(C)C)C1=O)O2. The van der Waals surface area contributed by atoms with Crippen LogP contribution in [0.3, 0.4) is 0 Å². The summed E-state index contributed by atoms with van der Waals surface area (Å²) in [5, 5.41) is 0. The van der Waals surface area contributed by atoms with E-state index < -0.39 is 0 Å². The van der Waals surface area contributed by atoms with Crippen LogP contribution in [0.15, 0.2) is 53.0 Å². The molecule has 0 saturated carbocycles. The number of carbonyl (C=O) groups excluding carboxylic acids is 2. The molecule has 1 heterocycles. The predicted molar refractivity (Wildman–Crippen MR) is 117 cm³/mol. The van der Waals surface area contributed by atoms with Gasteiger partial charge in [-0.1, -0.05) is 30.3 Å². The molecular formula is C25H32N2O3. The number of nitrogens with zero attached hydrogens (tertiary/aromatic N) is 2. The van der Waals surface area contributed by atoms with Crippen molar-refractivity contribution in [3.8, 4) is 0 Å². The highest BCUT2D eigenvalue weighted by Gasteiger charge is 2.46. The molecule has 2 aliphatic carbocycles. The summed E-state index contributed by atoms with van der Waals surface area (Å²) in [6.45, 7) is 1.44. The second kappa shape index (κ2) is 8.48. The molecule has 5 heteroatoms. The summed E-state index contributed by atoms with van der Waals surface area (Å²) in [7, 11) is 8.00. The van der Waals surface area contributed by atoms with Gasteiger partial charge in [-0.15, -0.1) is 0 Å². The highest BCUT2D eigenvalue weighted by Crippen LogP contribution is 2.49. The molecule has 3 aliphatic rings. The van der Waals surface area contributed by atoms with Crippen molar-refractivity contribution >= 4 is 11.6 Å². The molecule has 5 nitrogen and oxygen atoms in total. The van der Waals surface area contributed by atoms with Crippen LogP contribution in [-0.2, 0) is 14.3 Å². The maximum Gasteiger partial charge on any atom is 0.167 e. The molecule has 2 atom stereocenters. The van der Waals surface area contributed by atoms with Crippen LogP contribution in [0.4, 0.5) is 0 Å². The van der Waals surface area contributed by atoms with E-state index in [1.165, 1.54) is 0 Å². The lowest BCUT2D eigenvalue weighted by molar-refractivity contribution is -0.122. The molecule has 1 aliphatic heterocycles. The summed E-state index contributed by atoms with van der Waals surface area (Å²) in [5.41, 5.74) is 2.45. The van der Waals surface area contributed by atoms with Crippen LogP contribution >= 0.6 is 0 Å². The number of rotatable bonds is 5. The standard InChI is InChI=1S/C25H32N2O3/c1-26(2)14-17-10-12-19-22(24(17)28)21(16-8-6-5-7-9-16)23-20(30-19)13-11-18(25(23)29)15-27(3)4/h5-9,17-18,21H,10-15H2,1-4H3/t17-,18-/m0/s1. The Kier molecular flexibility index (Phi) is 5.94. The summed E-state index contributed by atoms with van der Waals surface area (Å²) in [5.74, 6) is 1.47. The largest absolute Gasteiger partial charge is 0.465 e. The third-order valence-electron chi connectivity index (χ3n) is 6.44. The molecule has 1 aromatic rings. The molecule has 0 bridgehead atoms. The third-order valence-corrected chi connectivity index (χ3v) is 6.44. The molecular weight excluding hydrogens is 376 g/mol. The van der Waals surface area contributed by atoms with Crippen LogP contribution in [0.5, 0.6) is 0 Å². The van der Waals surface area contributed by atoms with Crippen LogP contribution in [0.2, 0.25) is 0 Å². The molecule has 4 rings (SSSR count). The molecule has 0 radical (unpaired) electrons. The molecule has 0 fully saturated rings. The summed E-state index contributed by atoms with van der Waals surface area (Å²) in [6.07, 6.45) is 3.12. The highest BCUT2D eigenvalue weighted by molar-refractivity contribution is 6.07. The van der Waals surface area contributed by atoms with Crippen LogP contribution < -0.4 is 0 Å². The van der Waals surface area contributed by atoms with E-state index in [0.29, 0.717) is 0 Å². The van der Waals surface area contributed by atoms with Crippen LogP contribution in [0.1, 0.15) is 37.2 Å². The van der Waals surface area contributed by atoms with Crippen LogP contribution in [0.25, 0.3) is 0 Å². The number of Topliss-reactive ketones (excluding diaryl/α,β-unsaturated/α-hetero) is 2. The van der Waals surface area contributed by atoms with E-state index >= 15 is 0 Å². The maximum atomic E-state index is 13.6. The van der Waals surface area contributed by atoms with Crippen molar-refractivity contribution < 1.29 is 14.3 Å². The fourth-order valence-electron chi connectivity index (χ4n) is 5.18. The summed E-state index contributed by atoms with van der Waals surface area (Å²) < 4.78 is 6.28. The highest BCUT2D eigenvalue weighted by atomic mass is 16.5. The minimum absolute atomic E-state index is 0.0491. The van der Waals surface area contributed by atoms with Gasteiger partial charge < -0.3 is 14.5 Å². The van der Waals surface area contributed by atoms with Gasteiger partial charge in [0, 0.05) is 54.8 Å². The second-order valence-electron chi connectivity index (χ2n) is 9.34. The van der Waals surface area contributed by atoms with Gasteiger partial charge in [0.25, 0.3) is 0 Å². The summed E-state index contributed by atoms with van der Waals surface area (Å²) in [4.78, 5) is 31.4. The zero-order chi connectivity index (χ0) is 21.4. The summed E-state index contributed by atoms with van der Waals surface area (Å²) in [6, 6.07) is 10.0. The number of ether oxygens (including phenoxy) is 1. The molecule has 0 aromatic heterocycles. The van der Waals surface area contributed by atoms with Gasteiger partial charge in [-0.25, -0.2) is 0 Å². The van der Waals surface area contributed by atoms with E-state index in [-0.39, 0.29) is 29.3 Å². The number of hydrogen-bond donors (Lipinski definition) is 0. The zero-order valence-electron chi connectivity index (χ0n) is 18.5. The number of allylic oxidation sites excluding steroid dienone is 4. The lowest BCUT2D eigenvalue weighted by atomic mass is 9.69. The van der Waals surface area contributed by atoms with Crippen molar-refractivity contribution in [2.75, 3.05) is 41.3 Å². The Bertz CT molecular complexity index is 844. The van der Waals surface area contributed by atoms with Gasteiger partial charge in [-0.3, -0.25) is 9.59 Å². The predicted octanol–water partition coefficient (Wildman–Crippen LogP) is 3.39. The van der Waals surface area contributed by atoms with Crippen LogP contribution in [0, 0.1) is 11.8 Å². The van der Waals surface area contributed by atoms with Crippen molar-refractivity contribution in [3.63, 3.8) is 0 Å². The molecule has 0 amide bonds. The Balaban J connectivity index is 1.78. The molecule has 30 heavy (non-hydrogen) atoms. The quantitative estimate of drug-likeness (QED) is 0.748. The van der Waals surface area contributed by atoms with Gasteiger partial charge in [0.2, 0.25) is 0 Å². The lowest BCUT2D eigenvalue weighted by Crippen LogP contribution is -2.40. The molecule has 1 aromatic carbocycles. The van der Waals surface area contributed by atoms with Crippen molar-refractivity contribution in [3.05, 3.63) is 58.6 Å². The first-order valence-electron chi connectivity index (χ1n) is 10.9. The van der Waals surface area contributed by atoms with E-state index in [9.17, 15) is 9.59 Å². The Labute approximate surface area is 179 Å². The van der Waals surface area contributed by atoms with Crippen LogP contribution in [-0.4, -0.2) is 62.6 Å². The number of benzene rings is 1. The first kappa shape index (κ1) is 21.0. The maximum absolute atomic E-state index is 13.6. The van der Waals surface area contributed by atoms with Gasteiger partial charge >= 0.3 is 0 Å². The second-order valence-corrected chi connectivity index (χ2v) is 9.34. The minimum Gasteiger partial charge on any atom is -0.465 e. The van der Waals surface area contributed by atoms with Crippen molar-refractivity contribution in [2.24, 2.45) is 11.8 Å². The van der Waals surface area contributed by atoms with E-state index in [4.69, 9.17) is 4.74 Å². The number of hydrogen-bond acceptors (Lipinski definition) is 5. The topological polar surface area (TPSA) is 49.9 Å². The fourth-order valence-corrected chi connectivity index (χ4v) is 5.18. The average molecular weight is 409 g/mol. The fraction of sp³-hybridized carbons (Fsp3) is 0.520. The molecule has 0 unspecified atom stereocenters. The summed E-state index contributed by atoms with van der Waals surface area (Å²) >= 11 is 0. The van der Waals surface area contributed by atoms with Gasteiger partial charge in [-0.2, -0.15) is 0 Å². The smallest absolute Gasteiger partial charge is 0.167 e. The molecule has 0 spiro atoms. The van der Waals surface area contributed by atoms with E-state index in [1.54, 1.807) is 0 Å². The number of carbonyl (C=O) groups is 2. The van der Waals surface area contributed by atoms with E-state index in [2.05, 4.69) is 9.80 Å². The average Bonchev–Trinajstić information content (AvgIpc) is 2.71. The zero-order valence-corrected chi connectivity index (χ0v) is 18.5. The minimum atomic E-state index is -0.306. The molecule has 160 valence electrons. The van der Waals surface area contributed by atoms with Gasteiger partial charge in [0.05, 0.1) is 0 Å². The third kappa shape index (κ3) is 3.88. The van der Waals surface area contributed by atoms with Crippen molar-refractivity contribution in [2.45, 2.75) is 31.6 Å². The molecule has 0 N–H and O–H groups in total. The number of ketones is 2. The van der Waals surface area contributed by atoms with E-state index in [1.807, 2.05) is 58.5 Å². The lowest BCUT2D eigenvalue weighted by Gasteiger charge is -2.40. The Morgan fingerprint density at radius 1 is 0.800 bits per heavy atom. The van der Waals surface area contributed by atoms with Gasteiger partial charge in [0.1, 0.15) is 11.5 Å². The first-order chi connectivity index (χ1) is 14.4. The Hall–Kier alpha value is -2.24. The van der Waals surface area contributed by atoms with E-state index in [0.717, 1.165) is 67.0 Å². The normalized spacial score (nSPS) is 25.0. The van der Waals surface area contributed by atoms with Gasteiger partial charge in [0.15, 0.2) is 11.6 Å². The van der Waals surface area contributed by atoms with Crippen molar-refractivity contribution in [1.82, 2.24) is 9.80 Å². The Morgan fingerprint density at radius 2 is 1.27 bits per heavy atom. The monoisotopic (exact) mass is 408 g/mol. The first-order valence-corrected chi connectivity index (χ1v) is 10.9. The Morgan fingerprint density at radius 3 is 1.70 bits per heavy atom. The van der Waals surface area contributed by atoms with Gasteiger partial charge in [-0.05, 0) is 46.6 Å².